The number of anilines is 1. The summed E-state index contributed by atoms with van der Waals surface area (Å²) in [6.07, 6.45) is 4.23. The fourth-order valence-electron chi connectivity index (χ4n) is 2.96. The molecule has 1 aliphatic carbocycles. The molecule has 3 rings (SSSR count). The van der Waals surface area contributed by atoms with Crippen molar-refractivity contribution in [1.82, 2.24) is 9.78 Å². The van der Waals surface area contributed by atoms with Gasteiger partial charge in [-0.3, -0.25) is 4.79 Å². The predicted octanol–water partition coefficient (Wildman–Crippen LogP) is 2.18. The molecule has 116 valence electrons. The molecule has 1 unspecified atom stereocenters. The van der Waals surface area contributed by atoms with Crippen molar-refractivity contribution >= 4 is 21.6 Å². The van der Waals surface area contributed by atoms with Crippen molar-refractivity contribution in [1.29, 1.82) is 0 Å². The van der Waals surface area contributed by atoms with Crippen LogP contribution in [0.25, 0.3) is 0 Å². The summed E-state index contributed by atoms with van der Waals surface area (Å²) in [4.78, 5) is 11.9. The Balaban J connectivity index is 1.86. The first-order chi connectivity index (χ1) is 10.5. The number of aliphatic hydroxyl groups is 1. The van der Waals surface area contributed by atoms with Gasteiger partial charge in [-0.05, 0) is 46.3 Å². The molecule has 0 radical (unpaired) electrons. The van der Waals surface area contributed by atoms with E-state index in [1.165, 1.54) is 10.2 Å². The van der Waals surface area contributed by atoms with Crippen molar-refractivity contribution < 1.29 is 5.11 Å². The summed E-state index contributed by atoms with van der Waals surface area (Å²) in [5.74, 6) is 0. The van der Waals surface area contributed by atoms with E-state index in [0.717, 1.165) is 18.4 Å². The van der Waals surface area contributed by atoms with E-state index >= 15 is 0 Å². The quantitative estimate of drug-likeness (QED) is 0.876. The number of fused-ring (bicyclic) bond motifs is 1. The number of benzene rings is 1. The monoisotopic (exact) mass is 363 g/mol. The number of nitrogens with one attached hydrogen (secondary N) is 1. The zero-order valence-corrected chi connectivity index (χ0v) is 13.9. The third kappa shape index (κ3) is 2.68. The molecule has 1 heterocycles. The molecular weight excluding hydrogens is 346 g/mol. The van der Waals surface area contributed by atoms with Crippen molar-refractivity contribution in [2.45, 2.75) is 24.9 Å². The van der Waals surface area contributed by atoms with Crippen LogP contribution in [0.4, 0.5) is 5.69 Å². The molecule has 1 atom stereocenters. The minimum Gasteiger partial charge on any atom is -0.383 e. The Bertz CT molecular complexity index is 759. The number of nitrogens with zero attached hydrogens (tertiary/aromatic N) is 2. The molecule has 0 bridgehead atoms. The van der Waals surface area contributed by atoms with Crippen LogP contribution in [0.3, 0.4) is 0 Å². The first-order valence-corrected chi connectivity index (χ1v) is 8.07. The Hall–Kier alpha value is -1.66. The maximum absolute atomic E-state index is 11.9. The molecule has 0 amide bonds. The summed E-state index contributed by atoms with van der Waals surface area (Å²) < 4.78 is 1.69. The SMILES string of the molecule is Cn1ncc(NCC2(O)CCCc3ccccc32)c(Br)c1=O. The number of halogens is 1. The average Bonchev–Trinajstić information content (AvgIpc) is 2.53. The highest BCUT2D eigenvalue weighted by molar-refractivity contribution is 9.10. The van der Waals surface area contributed by atoms with Gasteiger partial charge in [-0.25, -0.2) is 4.68 Å². The van der Waals surface area contributed by atoms with Crippen LogP contribution >= 0.6 is 15.9 Å². The van der Waals surface area contributed by atoms with Gasteiger partial charge in [-0.1, -0.05) is 24.3 Å². The zero-order valence-electron chi connectivity index (χ0n) is 12.3. The van der Waals surface area contributed by atoms with Crippen molar-refractivity contribution in [3.05, 3.63) is 56.4 Å². The van der Waals surface area contributed by atoms with Gasteiger partial charge < -0.3 is 10.4 Å². The second-order valence-electron chi connectivity index (χ2n) is 5.70. The first kappa shape index (κ1) is 15.2. The minimum absolute atomic E-state index is 0.207. The van der Waals surface area contributed by atoms with Gasteiger partial charge >= 0.3 is 0 Å². The fraction of sp³-hybridized carbons (Fsp3) is 0.375. The molecule has 2 aromatic rings. The molecule has 5 nitrogen and oxygen atoms in total. The molecule has 22 heavy (non-hydrogen) atoms. The fourth-order valence-corrected chi connectivity index (χ4v) is 3.46. The Kier molecular flexibility index (Phi) is 4.06. The van der Waals surface area contributed by atoms with E-state index in [2.05, 4.69) is 32.4 Å². The lowest BCUT2D eigenvalue weighted by Crippen LogP contribution is -2.38. The van der Waals surface area contributed by atoms with E-state index in [0.29, 0.717) is 23.1 Å². The van der Waals surface area contributed by atoms with Crippen LogP contribution in [0, 0.1) is 0 Å². The normalized spacial score (nSPS) is 20.5. The summed E-state index contributed by atoms with van der Waals surface area (Å²) in [5.41, 5.74) is 1.64. The van der Waals surface area contributed by atoms with E-state index in [1.807, 2.05) is 18.2 Å². The summed E-state index contributed by atoms with van der Waals surface area (Å²) in [7, 11) is 1.60. The molecule has 1 aromatic carbocycles. The molecule has 0 saturated carbocycles. The van der Waals surface area contributed by atoms with E-state index in [9.17, 15) is 9.90 Å². The van der Waals surface area contributed by atoms with Crippen LogP contribution in [-0.2, 0) is 19.1 Å². The molecule has 1 aromatic heterocycles. The van der Waals surface area contributed by atoms with Gasteiger partial charge in [-0.15, -0.1) is 0 Å². The third-order valence-electron chi connectivity index (χ3n) is 4.20. The number of hydrogen-bond acceptors (Lipinski definition) is 4. The van der Waals surface area contributed by atoms with Gasteiger partial charge in [0.05, 0.1) is 11.9 Å². The van der Waals surface area contributed by atoms with E-state index in [1.54, 1.807) is 13.2 Å². The third-order valence-corrected chi connectivity index (χ3v) is 4.97. The Morgan fingerprint density at radius 2 is 2.23 bits per heavy atom. The maximum Gasteiger partial charge on any atom is 0.282 e. The van der Waals surface area contributed by atoms with Crippen LogP contribution in [0.15, 0.2) is 39.7 Å². The van der Waals surface area contributed by atoms with Gasteiger partial charge in [0.1, 0.15) is 10.1 Å². The molecular formula is C16H18BrN3O2. The highest BCUT2D eigenvalue weighted by Gasteiger charge is 2.34. The minimum atomic E-state index is -0.921. The van der Waals surface area contributed by atoms with Gasteiger partial charge in [-0.2, -0.15) is 5.10 Å². The summed E-state index contributed by atoms with van der Waals surface area (Å²) in [6, 6.07) is 7.99. The van der Waals surface area contributed by atoms with E-state index in [4.69, 9.17) is 0 Å². The Morgan fingerprint density at radius 3 is 3.05 bits per heavy atom. The molecule has 6 heteroatoms. The standard InChI is InChI=1S/C16H18BrN3O2/c1-20-15(21)14(17)13(9-19-20)18-10-16(22)8-4-6-11-5-2-3-7-12(11)16/h2-3,5,7,9,18,22H,4,6,8,10H2,1H3. The van der Waals surface area contributed by atoms with Crippen molar-refractivity contribution in [3.63, 3.8) is 0 Å². The van der Waals surface area contributed by atoms with Crippen molar-refractivity contribution in [3.8, 4) is 0 Å². The highest BCUT2D eigenvalue weighted by Crippen LogP contribution is 2.35. The highest BCUT2D eigenvalue weighted by atomic mass is 79.9. The van der Waals surface area contributed by atoms with Gasteiger partial charge in [0.2, 0.25) is 0 Å². The molecule has 1 aliphatic rings. The molecule has 0 spiro atoms. The van der Waals surface area contributed by atoms with Gasteiger partial charge in [0.15, 0.2) is 0 Å². The topological polar surface area (TPSA) is 67.2 Å². The summed E-state index contributed by atoms with van der Waals surface area (Å²) >= 11 is 3.29. The number of aryl methyl sites for hydroxylation is 2. The smallest absolute Gasteiger partial charge is 0.282 e. The lowest BCUT2D eigenvalue weighted by atomic mass is 9.79. The lowest BCUT2D eigenvalue weighted by Gasteiger charge is -2.35. The Morgan fingerprint density at radius 1 is 1.45 bits per heavy atom. The van der Waals surface area contributed by atoms with Crippen molar-refractivity contribution in [2.24, 2.45) is 7.05 Å². The number of hydrogen-bond donors (Lipinski definition) is 2. The summed E-state index contributed by atoms with van der Waals surface area (Å²) in [5, 5.41) is 18.2. The molecule has 0 fully saturated rings. The van der Waals surface area contributed by atoms with Crippen LogP contribution in [0.1, 0.15) is 24.0 Å². The van der Waals surface area contributed by atoms with Gasteiger partial charge in [0.25, 0.3) is 5.56 Å². The van der Waals surface area contributed by atoms with Crippen LogP contribution < -0.4 is 10.9 Å². The summed E-state index contributed by atoms with van der Waals surface area (Å²) in [6.45, 7) is 0.345. The van der Waals surface area contributed by atoms with E-state index < -0.39 is 5.60 Å². The van der Waals surface area contributed by atoms with Crippen LogP contribution in [0.2, 0.25) is 0 Å². The first-order valence-electron chi connectivity index (χ1n) is 7.28. The second kappa shape index (κ2) is 5.85. The number of rotatable bonds is 3. The second-order valence-corrected chi connectivity index (χ2v) is 6.49. The van der Waals surface area contributed by atoms with Crippen LogP contribution in [0.5, 0.6) is 0 Å². The van der Waals surface area contributed by atoms with Crippen LogP contribution in [-0.4, -0.2) is 21.4 Å². The lowest BCUT2D eigenvalue weighted by molar-refractivity contribution is 0.0323. The Labute approximate surface area is 137 Å². The average molecular weight is 364 g/mol. The molecule has 0 saturated heterocycles. The molecule has 0 aliphatic heterocycles. The van der Waals surface area contributed by atoms with Crippen molar-refractivity contribution in [2.75, 3.05) is 11.9 Å². The zero-order chi connectivity index (χ0) is 15.7. The predicted molar refractivity (Wildman–Crippen MR) is 88.9 cm³/mol. The number of aromatic nitrogens is 2. The van der Waals surface area contributed by atoms with Gasteiger partial charge in [0, 0.05) is 13.6 Å². The molecule has 2 N–H and O–H groups in total. The van der Waals surface area contributed by atoms with E-state index in [-0.39, 0.29) is 5.56 Å². The largest absolute Gasteiger partial charge is 0.383 e. The maximum atomic E-state index is 11.9.